The number of nitrogens with one attached hydrogen (secondary N) is 5. The highest BCUT2D eigenvalue weighted by Crippen LogP contribution is 2.32. The molecule has 1 aromatic heterocycles. The Labute approximate surface area is 301 Å². The van der Waals surface area contributed by atoms with Gasteiger partial charge in [0.05, 0.1) is 28.3 Å². The highest BCUT2D eigenvalue weighted by molar-refractivity contribution is 7.92. The molecule has 3 rings (SSSR count). The van der Waals surface area contributed by atoms with Gasteiger partial charge < -0.3 is 26.6 Å². The molecule has 14 heteroatoms. The van der Waals surface area contributed by atoms with Gasteiger partial charge in [0, 0.05) is 12.6 Å². The Morgan fingerprint density at radius 3 is 2.02 bits per heavy atom. The summed E-state index contributed by atoms with van der Waals surface area (Å²) in [6.45, 7) is 11.6. The zero-order valence-corrected chi connectivity index (χ0v) is 31.6. The molecule has 1 fully saturated rings. The number of urea groups is 1. The number of sulfone groups is 1. The molecule has 0 unspecified atom stereocenters. The van der Waals surface area contributed by atoms with Crippen LogP contribution in [0.5, 0.6) is 0 Å². The van der Waals surface area contributed by atoms with Gasteiger partial charge in [0.25, 0.3) is 5.91 Å². The van der Waals surface area contributed by atoms with Crippen LogP contribution in [0.1, 0.15) is 91.8 Å². The quantitative estimate of drug-likeness (QED) is 0.183. The molecule has 0 saturated heterocycles. The van der Waals surface area contributed by atoms with Crippen LogP contribution in [0.3, 0.4) is 0 Å². The Hall–Kier alpha value is -4.33. The van der Waals surface area contributed by atoms with Gasteiger partial charge in [-0.05, 0) is 63.6 Å². The normalized spacial score (nSPS) is 16.5. The third kappa shape index (κ3) is 12.1. The number of hydrogen-bond acceptors (Lipinski definition) is 8. The average Bonchev–Trinajstić information content (AvgIpc) is 3.05. The Morgan fingerprint density at radius 2 is 1.45 bits per heavy atom. The van der Waals surface area contributed by atoms with Crippen LogP contribution in [0.4, 0.5) is 4.79 Å². The number of ketones is 1. The monoisotopic (exact) mass is 726 g/mol. The predicted molar refractivity (Wildman–Crippen MR) is 195 cm³/mol. The van der Waals surface area contributed by atoms with E-state index in [1.807, 2.05) is 0 Å². The summed E-state index contributed by atoms with van der Waals surface area (Å²) in [5.74, 6) is -3.34. The lowest BCUT2D eigenvalue weighted by Gasteiger charge is -2.40. The third-order valence-electron chi connectivity index (χ3n) is 9.04. The van der Waals surface area contributed by atoms with Crippen molar-refractivity contribution in [3.05, 3.63) is 66.0 Å². The number of carbonyl (C=O) groups is 5. The summed E-state index contributed by atoms with van der Waals surface area (Å²) in [6.07, 6.45) is 5.03. The fourth-order valence-corrected chi connectivity index (χ4v) is 7.36. The maximum atomic E-state index is 13.6. The number of hydrogen-bond donors (Lipinski definition) is 5. The van der Waals surface area contributed by atoms with Crippen molar-refractivity contribution < 1.29 is 32.4 Å². The molecule has 0 radical (unpaired) electrons. The van der Waals surface area contributed by atoms with E-state index in [-0.39, 0.29) is 18.7 Å². The number of Topliss-reactive ketones (excluding diaryl/α,β-unsaturated/α-hetero) is 1. The van der Waals surface area contributed by atoms with Gasteiger partial charge in [0.1, 0.15) is 18.1 Å². The first-order chi connectivity index (χ1) is 23.7. The summed E-state index contributed by atoms with van der Waals surface area (Å²) in [5, 5.41) is 13.5. The van der Waals surface area contributed by atoms with Crippen molar-refractivity contribution in [2.24, 2.45) is 5.41 Å². The van der Waals surface area contributed by atoms with E-state index in [2.05, 4.69) is 31.6 Å². The summed E-state index contributed by atoms with van der Waals surface area (Å²) in [5.41, 5.74) is -0.533. The minimum absolute atomic E-state index is 0.0200. The molecule has 2 aromatic rings. The largest absolute Gasteiger partial charge is 0.344 e. The molecule has 1 aromatic carbocycles. The summed E-state index contributed by atoms with van der Waals surface area (Å²) in [6, 6.07) is 9.89. The van der Waals surface area contributed by atoms with Crippen molar-refractivity contribution in [2.75, 3.05) is 5.75 Å². The van der Waals surface area contributed by atoms with Gasteiger partial charge >= 0.3 is 6.03 Å². The topological polar surface area (TPSA) is 193 Å². The number of nitrogens with zero attached hydrogens (tertiary/aromatic N) is 1. The number of rotatable bonds is 14. The van der Waals surface area contributed by atoms with Gasteiger partial charge in [0.15, 0.2) is 9.84 Å². The van der Waals surface area contributed by atoms with E-state index < -0.39 is 73.2 Å². The molecule has 0 aliphatic heterocycles. The highest BCUT2D eigenvalue weighted by atomic mass is 32.2. The average molecular weight is 727 g/mol. The molecular weight excluding hydrogens is 673 g/mol. The van der Waals surface area contributed by atoms with Crippen molar-refractivity contribution in [3.8, 4) is 0 Å². The van der Waals surface area contributed by atoms with Crippen LogP contribution in [0.15, 0.2) is 54.7 Å². The number of pyridine rings is 1. The molecule has 5 N–H and O–H groups in total. The van der Waals surface area contributed by atoms with E-state index in [1.165, 1.54) is 6.92 Å². The zero-order chi connectivity index (χ0) is 38.0. The maximum Gasteiger partial charge on any atom is 0.315 e. The third-order valence-corrected chi connectivity index (χ3v) is 11.8. The molecule has 51 heavy (non-hydrogen) atoms. The molecule has 280 valence electrons. The van der Waals surface area contributed by atoms with Crippen LogP contribution in [-0.4, -0.2) is 77.1 Å². The standard InChI is InChI=1S/C37H54N6O7S/c1-25(31(45)41-28(22-26-16-10-8-11-17-26)29(44)32(46)39-23-27-18-12-15-21-38-27)40-33(47)30(35(2,3)4)42-34(48)43-37(19-13-9-14-20-37)24-51(49,50)36(5,6)7/h8,10-12,15-18,21,25,28,30H,9,13-14,19-20,22-24H2,1-7H3,(H,39,46)(H,40,47)(H,41,45)(H2,42,43,48)/t25-,28-,30-/m1/s1. The second-order valence-corrected chi connectivity index (χ2v) is 18.2. The van der Waals surface area contributed by atoms with Crippen molar-refractivity contribution >= 4 is 39.4 Å². The minimum atomic E-state index is -3.58. The lowest BCUT2D eigenvalue weighted by Crippen LogP contribution is -2.63. The second kappa shape index (κ2) is 17.3. The van der Waals surface area contributed by atoms with Crippen LogP contribution in [-0.2, 0) is 42.0 Å². The van der Waals surface area contributed by atoms with Crippen molar-refractivity contribution in [3.63, 3.8) is 0 Å². The Balaban J connectivity index is 1.71. The molecule has 1 heterocycles. The van der Waals surface area contributed by atoms with E-state index in [0.717, 1.165) is 19.3 Å². The number of benzene rings is 1. The Morgan fingerprint density at radius 1 is 0.824 bits per heavy atom. The molecule has 5 amide bonds. The van der Waals surface area contributed by atoms with Crippen LogP contribution >= 0.6 is 0 Å². The smallest absolute Gasteiger partial charge is 0.315 e. The first kappa shape index (κ1) is 41.1. The van der Waals surface area contributed by atoms with E-state index in [1.54, 1.807) is 96.3 Å². The molecule has 0 bridgehead atoms. The van der Waals surface area contributed by atoms with Crippen molar-refractivity contribution in [1.29, 1.82) is 0 Å². The van der Waals surface area contributed by atoms with Crippen LogP contribution < -0.4 is 26.6 Å². The Bertz CT molecular complexity index is 1630. The summed E-state index contributed by atoms with van der Waals surface area (Å²) >= 11 is 0. The Kier molecular flexibility index (Phi) is 13.9. The van der Waals surface area contributed by atoms with Gasteiger partial charge in [0.2, 0.25) is 17.6 Å². The highest BCUT2D eigenvalue weighted by Gasteiger charge is 2.43. The minimum Gasteiger partial charge on any atom is -0.344 e. The predicted octanol–water partition coefficient (Wildman–Crippen LogP) is 3.13. The summed E-state index contributed by atoms with van der Waals surface area (Å²) in [7, 11) is -3.58. The molecule has 0 spiro atoms. The molecular formula is C37H54N6O7S. The van der Waals surface area contributed by atoms with Crippen LogP contribution in [0, 0.1) is 5.41 Å². The van der Waals surface area contributed by atoms with E-state index in [4.69, 9.17) is 0 Å². The molecule has 13 nitrogen and oxygen atoms in total. The molecule has 1 aliphatic carbocycles. The van der Waals surface area contributed by atoms with Crippen molar-refractivity contribution in [1.82, 2.24) is 31.6 Å². The fourth-order valence-electron chi connectivity index (χ4n) is 5.83. The van der Waals surface area contributed by atoms with E-state index in [9.17, 15) is 32.4 Å². The molecule has 1 saturated carbocycles. The van der Waals surface area contributed by atoms with Crippen LogP contribution in [0.2, 0.25) is 0 Å². The number of aromatic nitrogens is 1. The van der Waals surface area contributed by atoms with Gasteiger partial charge in [-0.2, -0.15) is 0 Å². The van der Waals surface area contributed by atoms with Gasteiger partial charge in [-0.1, -0.05) is 76.4 Å². The fraction of sp³-hybridized carbons (Fsp3) is 0.568. The maximum absolute atomic E-state index is 13.6. The first-order valence-corrected chi connectivity index (χ1v) is 19.1. The number of amides is 5. The van der Waals surface area contributed by atoms with E-state index in [0.29, 0.717) is 24.1 Å². The molecule has 1 aliphatic rings. The zero-order valence-electron chi connectivity index (χ0n) is 30.8. The SMILES string of the molecule is C[C@@H](NC(=O)[C@@H](NC(=O)NC1(CS(=O)(=O)C(C)(C)C)CCCCC1)C(C)(C)C)C(=O)N[C@H](Cc1ccccc1)C(=O)C(=O)NCc1ccccn1. The molecule has 3 atom stereocenters. The lowest BCUT2D eigenvalue weighted by molar-refractivity contribution is -0.140. The van der Waals surface area contributed by atoms with Gasteiger partial charge in [-0.3, -0.25) is 24.2 Å². The second-order valence-electron chi connectivity index (χ2n) is 15.5. The van der Waals surface area contributed by atoms with E-state index >= 15 is 0 Å². The first-order valence-electron chi connectivity index (χ1n) is 17.4. The van der Waals surface area contributed by atoms with Gasteiger partial charge in [-0.15, -0.1) is 0 Å². The van der Waals surface area contributed by atoms with Gasteiger partial charge in [-0.25, -0.2) is 13.2 Å². The number of carbonyl (C=O) groups excluding carboxylic acids is 5. The van der Waals surface area contributed by atoms with Crippen LogP contribution in [0.25, 0.3) is 0 Å². The van der Waals surface area contributed by atoms with Crippen molar-refractivity contribution in [2.45, 2.75) is 122 Å². The lowest BCUT2D eigenvalue weighted by atomic mass is 9.83. The summed E-state index contributed by atoms with van der Waals surface area (Å²) < 4.78 is 25.4. The summed E-state index contributed by atoms with van der Waals surface area (Å²) in [4.78, 5) is 70.9.